The van der Waals surface area contributed by atoms with Gasteiger partial charge in [-0.05, 0) is 24.3 Å². The summed E-state index contributed by atoms with van der Waals surface area (Å²) in [5, 5.41) is 10.9. The molecule has 0 spiro atoms. The third kappa shape index (κ3) is 4.65. The average molecular weight is 312 g/mol. The van der Waals surface area contributed by atoms with Crippen molar-refractivity contribution in [3.05, 3.63) is 47.8 Å². The molecule has 0 atom stereocenters. The van der Waals surface area contributed by atoms with Gasteiger partial charge in [0.25, 0.3) is 5.91 Å². The molecule has 0 bridgehead atoms. The summed E-state index contributed by atoms with van der Waals surface area (Å²) in [6.07, 6.45) is 9.46. The number of amides is 1. The van der Waals surface area contributed by atoms with Gasteiger partial charge in [-0.2, -0.15) is 0 Å². The van der Waals surface area contributed by atoms with E-state index < -0.39 is 0 Å². The zero-order valence-electron chi connectivity index (χ0n) is 13.4. The van der Waals surface area contributed by atoms with Gasteiger partial charge in [0.1, 0.15) is 0 Å². The molecule has 1 aromatic heterocycles. The van der Waals surface area contributed by atoms with E-state index in [4.69, 9.17) is 0 Å². The summed E-state index contributed by atoms with van der Waals surface area (Å²) in [6, 6.07) is 10.0. The van der Waals surface area contributed by atoms with Crippen LogP contribution in [0.2, 0.25) is 0 Å². The molecule has 2 aromatic rings. The largest absolute Gasteiger partial charge is 0.351 e. The van der Waals surface area contributed by atoms with Gasteiger partial charge in [0.15, 0.2) is 5.69 Å². The molecular formula is C18H24N4O. The van der Waals surface area contributed by atoms with Crippen molar-refractivity contribution in [1.29, 1.82) is 0 Å². The minimum Gasteiger partial charge on any atom is -0.351 e. The van der Waals surface area contributed by atoms with Crippen molar-refractivity contribution in [3.8, 4) is 0 Å². The van der Waals surface area contributed by atoms with Crippen molar-refractivity contribution in [3.63, 3.8) is 0 Å². The van der Waals surface area contributed by atoms with Crippen molar-refractivity contribution in [2.45, 2.75) is 45.1 Å². The fourth-order valence-corrected chi connectivity index (χ4v) is 3.23. The lowest BCUT2D eigenvalue weighted by atomic mass is 10.0. The first-order valence-corrected chi connectivity index (χ1v) is 8.53. The van der Waals surface area contributed by atoms with Crippen LogP contribution in [0.15, 0.2) is 36.5 Å². The minimum absolute atomic E-state index is 0.129. The maximum absolute atomic E-state index is 12.1. The first-order chi connectivity index (χ1) is 11.3. The van der Waals surface area contributed by atoms with Gasteiger partial charge in [-0.3, -0.25) is 4.79 Å². The highest BCUT2D eigenvalue weighted by Crippen LogP contribution is 2.28. The normalized spacial score (nSPS) is 15.0. The molecule has 5 heteroatoms. The predicted molar refractivity (Wildman–Crippen MR) is 89.1 cm³/mol. The molecule has 1 saturated carbocycles. The Morgan fingerprint density at radius 2 is 2.00 bits per heavy atom. The summed E-state index contributed by atoms with van der Waals surface area (Å²) in [6.45, 7) is 1.35. The second-order valence-electron chi connectivity index (χ2n) is 6.34. The lowest BCUT2D eigenvalue weighted by molar-refractivity contribution is 0.0947. The van der Waals surface area contributed by atoms with E-state index in [0.29, 0.717) is 12.2 Å². The maximum Gasteiger partial charge on any atom is 0.273 e. The lowest BCUT2D eigenvalue weighted by Crippen LogP contribution is -2.25. The quantitative estimate of drug-likeness (QED) is 0.799. The molecule has 1 N–H and O–H groups in total. The van der Waals surface area contributed by atoms with Gasteiger partial charge in [0.2, 0.25) is 0 Å². The van der Waals surface area contributed by atoms with Crippen LogP contribution in [-0.4, -0.2) is 27.4 Å². The number of hydrogen-bond donors (Lipinski definition) is 1. The van der Waals surface area contributed by atoms with E-state index in [1.807, 2.05) is 30.3 Å². The Kier molecular flexibility index (Phi) is 5.40. The standard InChI is InChI=1S/C18H24N4O/c23-18(19-12-6-11-15-7-4-5-8-15)17-14-22(21-20-17)13-16-9-2-1-3-10-16/h1-3,9-10,14-15H,4-8,11-13H2,(H,19,23). The van der Waals surface area contributed by atoms with Crippen molar-refractivity contribution < 1.29 is 4.79 Å². The fourth-order valence-electron chi connectivity index (χ4n) is 3.23. The Labute approximate surface area is 137 Å². The molecule has 23 heavy (non-hydrogen) atoms. The van der Waals surface area contributed by atoms with E-state index in [2.05, 4.69) is 15.6 Å². The highest BCUT2D eigenvalue weighted by atomic mass is 16.2. The van der Waals surface area contributed by atoms with Crippen LogP contribution in [0, 0.1) is 5.92 Å². The Bertz CT molecular complexity index is 617. The van der Waals surface area contributed by atoms with Crippen LogP contribution in [0.25, 0.3) is 0 Å². The van der Waals surface area contributed by atoms with Crippen LogP contribution < -0.4 is 5.32 Å². The molecule has 0 aliphatic heterocycles. The number of nitrogens with one attached hydrogen (secondary N) is 1. The van der Waals surface area contributed by atoms with Gasteiger partial charge in [0, 0.05) is 6.54 Å². The molecule has 5 nitrogen and oxygen atoms in total. The average Bonchev–Trinajstić information content (AvgIpc) is 3.24. The van der Waals surface area contributed by atoms with Gasteiger partial charge in [0.05, 0.1) is 12.7 Å². The number of nitrogens with zero attached hydrogens (tertiary/aromatic N) is 3. The zero-order valence-corrected chi connectivity index (χ0v) is 13.4. The molecule has 1 aliphatic carbocycles. The highest BCUT2D eigenvalue weighted by molar-refractivity contribution is 5.91. The fraction of sp³-hybridized carbons (Fsp3) is 0.500. The van der Waals surface area contributed by atoms with Gasteiger partial charge in [-0.1, -0.05) is 61.2 Å². The van der Waals surface area contributed by atoms with Crippen LogP contribution in [0.3, 0.4) is 0 Å². The van der Waals surface area contributed by atoms with E-state index in [9.17, 15) is 4.79 Å². The SMILES string of the molecule is O=C(NCCCC1CCCC1)c1cn(Cc2ccccc2)nn1. The molecule has 1 aromatic carbocycles. The van der Waals surface area contributed by atoms with E-state index in [1.165, 1.54) is 32.1 Å². The van der Waals surface area contributed by atoms with E-state index >= 15 is 0 Å². The monoisotopic (exact) mass is 312 g/mol. The van der Waals surface area contributed by atoms with Crippen molar-refractivity contribution in [2.24, 2.45) is 5.92 Å². The summed E-state index contributed by atoms with van der Waals surface area (Å²) in [5.74, 6) is 0.745. The summed E-state index contributed by atoms with van der Waals surface area (Å²) < 4.78 is 1.70. The van der Waals surface area contributed by atoms with E-state index in [0.717, 1.165) is 24.4 Å². The Morgan fingerprint density at radius 3 is 2.78 bits per heavy atom. The second kappa shape index (κ2) is 7.90. The molecule has 3 rings (SSSR count). The molecule has 1 heterocycles. The van der Waals surface area contributed by atoms with Gasteiger partial charge in [-0.25, -0.2) is 4.68 Å². The van der Waals surface area contributed by atoms with E-state index in [-0.39, 0.29) is 5.91 Å². The predicted octanol–water partition coefficient (Wildman–Crippen LogP) is 3.03. The van der Waals surface area contributed by atoms with Crippen LogP contribution in [0.5, 0.6) is 0 Å². The second-order valence-corrected chi connectivity index (χ2v) is 6.34. The minimum atomic E-state index is -0.129. The van der Waals surface area contributed by atoms with Crippen LogP contribution in [0.4, 0.5) is 0 Å². The van der Waals surface area contributed by atoms with Gasteiger partial charge >= 0.3 is 0 Å². The summed E-state index contributed by atoms with van der Waals surface area (Å²) in [7, 11) is 0. The molecule has 0 radical (unpaired) electrons. The number of aromatic nitrogens is 3. The van der Waals surface area contributed by atoms with Crippen molar-refractivity contribution in [2.75, 3.05) is 6.54 Å². The Balaban J connectivity index is 1.42. The lowest BCUT2D eigenvalue weighted by Gasteiger charge is -2.08. The van der Waals surface area contributed by atoms with Crippen molar-refractivity contribution >= 4 is 5.91 Å². The molecule has 1 amide bonds. The molecule has 0 saturated heterocycles. The first-order valence-electron chi connectivity index (χ1n) is 8.53. The topological polar surface area (TPSA) is 59.8 Å². The molecule has 122 valence electrons. The van der Waals surface area contributed by atoms with E-state index in [1.54, 1.807) is 10.9 Å². The van der Waals surface area contributed by atoms with Gasteiger partial charge in [-0.15, -0.1) is 5.10 Å². The number of rotatable bonds is 7. The number of carbonyl (C=O) groups excluding carboxylic acids is 1. The van der Waals surface area contributed by atoms with Crippen molar-refractivity contribution in [1.82, 2.24) is 20.3 Å². The van der Waals surface area contributed by atoms with Crippen LogP contribution >= 0.6 is 0 Å². The number of carbonyl (C=O) groups is 1. The summed E-state index contributed by atoms with van der Waals surface area (Å²) in [4.78, 5) is 12.1. The first kappa shape index (κ1) is 15.7. The van der Waals surface area contributed by atoms with Crippen LogP contribution in [0.1, 0.15) is 54.6 Å². The number of benzene rings is 1. The third-order valence-corrected chi connectivity index (χ3v) is 4.51. The van der Waals surface area contributed by atoms with Crippen LogP contribution in [-0.2, 0) is 6.54 Å². The molecular weight excluding hydrogens is 288 g/mol. The molecule has 0 unspecified atom stereocenters. The Morgan fingerprint density at radius 1 is 1.22 bits per heavy atom. The smallest absolute Gasteiger partial charge is 0.273 e. The highest BCUT2D eigenvalue weighted by Gasteiger charge is 2.15. The molecule has 1 aliphatic rings. The summed E-state index contributed by atoms with van der Waals surface area (Å²) in [5.41, 5.74) is 1.53. The Hall–Kier alpha value is -2.17. The van der Waals surface area contributed by atoms with Gasteiger partial charge < -0.3 is 5.32 Å². The number of hydrogen-bond acceptors (Lipinski definition) is 3. The molecule has 1 fully saturated rings. The third-order valence-electron chi connectivity index (χ3n) is 4.51. The summed E-state index contributed by atoms with van der Waals surface area (Å²) >= 11 is 0. The maximum atomic E-state index is 12.1. The zero-order chi connectivity index (χ0) is 15.9.